The van der Waals surface area contributed by atoms with E-state index in [1.54, 1.807) is 4.57 Å². The molecule has 3 N–H and O–H groups in total. The molecule has 0 aliphatic heterocycles. The molecule has 0 fully saturated rings. The maximum Gasteiger partial charge on any atom is 0.261 e. The summed E-state index contributed by atoms with van der Waals surface area (Å²) >= 11 is 5.27. The second-order valence-electron chi connectivity index (χ2n) is 7.49. The third-order valence-electron chi connectivity index (χ3n) is 4.89. The molecular weight excluding hydrogens is 477 g/mol. The van der Waals surface area contributed by atoms with Gasteiger partial charge in [0.15, 0.2) is 10.6 Å². The molecule has 34 heavy (non-hydrogen) atoms. The van der Waals surface area contributed by atoms with Crippen molar-refractivity contribution in [3.8, 4) is 11.4 Å². The average Bonchev–Trinajstić information content (AvgIpc) is 3.14. The Bertz CT molecular complexity index is 1490. The third kappa shape index (κ3) is 5.38. The summed E-state index contributed by atoms with van der Waals surface area (Å²) in [6.07, 6.45) is 0. The van der Waals surface area contributed by atoms with Gasteiger partial charge in [0.05, 0.1) is 10.6 Å². The smallest absolute Gasteiger partial charge is 0.261 e. The Kier molecular flexibility index (Phi) is 6.57. The van der Waals surface area contributed by atoms with E-state index in [-0.39, 0.29) is 23.0 Å². The Balaban J connectivity index is 1.45. The van der Waals surface area contributed by atoms with E-state index in [0.29, 0.717) is 16.3 Å². The number of benzene rings is 3. The Hall–Kier alpha value is -3.83. The number of anilines is 2. The standard InChI is InChI=1S/C23H20FN5O3S2/c1-15-5-7-16(8-6-15)22-26-27-23(33)29(22)14-21(30)25-18-9-11-20(12-10-18)34(31,32)28-19-4-2-3-17(24)13-19/h2-13,28H,14H2,1H3,(H,25,30)(H,27,33). The Morgan fingerprint density at radius 2 is 1.76 bits per heavy atom. The second-order valence-corrected chi connectivity index (χ2v) is 9.56. The van der Waals surface area contributed by atoms with E-state index in [9.17, 15) is 17.6 Å². The lowest BCUT2D eigenvalue weighted by Crippen LogP contribution is -2.19. The Labute approximate surface area is 200 Å². The molecular formula is C23H20FN5O3S2. The SMILES string of the molecule is Cc1ccc(-c2n[nH]c(=S)n2CC(=O)Nc2ccc(S(=O)(=O)Nc3cccc(F)c3)cc2)cc1. The van der Waals surface area contributed by atoms with Gasteiger partial charge in [0, 0.05) is 11.3 Å². The van der Waals surface area contributed by atoms with Gasteiger partial charge in [-0.05, 0) is 61.6 Å². The maximum atomic E-state index is 13.3. The van der Waals surface area contributed by atoms with E-state index in [0.717, 1.165) is 17.2 Å². The van der Waals surface area contributed by atoms with E-state index in [1.807, 2.05) is 31.2 Å². The predicted octanol–water partition coefficient (Wildman–Crippen LogP) is 4.49. The van der Waals surface area contributed by atoms with Crippen molar-refractivity contribution in [2.75, 3.05) is 10.0 Å². The molecule has 4 rings (SSSR count). The molecule has 1 heterocycles. The van der Waals surface area contributed by atoms with Crippen molar-refractivity contribution in [2.45, 2.75) is 18.4 Å². The lowest BCUT2D eigenvalue weighted by molar-refractivity contribution is -0.116. The van der Waals surface area contributed by atoms with Gasteiger partial charge in [-0.1, -0.05) is 35.9 Å². The molecule has 0 saturated heterocycles. The number of rotatable bonds is 7. The minimum absolute atomic E-state index is 0.0338. The zero-order valence-electron chi connectivity index (χ0n) is 17.9. The number of halogens is 1. The number of carbonyl (C=O) groups is 1. The van der Waals surface area contributed by atoms with Crippen molar-refractivity contribution >= 4 is 39.5 Å². The molecule has 0 atom stereocenters. The van der Waals surface area contributed by atoms with E-state index >= 15 is 0 Å². The Morgan fingerprint density at radius 3 is 2.44 bits per heavy atom. The first-order valence-electron chi connectivity index (χ1n) is 10.1. The molecule has 0 aliphatic carbocycles. The number of aryl methyl sites for hydroxylation is 1. The zero-order chi connectivity index (χ0) is 24.3. The Morgan fingerprint density at radius 1 is 1.06 bits per heavy atom. The molecule has 0 spiro atoms. The van der Waals surface area contributed by atoms with Gasteiger partial charge in [0.25, 0.3) is 10.0 Å². The number of hydrogen-bond acceptors (Lipinski definition) is 5. The van der Waals surface area contributed by atoms with Gasteiger partial charge in [-0.2, -0.15) is 5.10 Å². The van der Waals surface area contributed by atoms with Crippen LogP contribution in [0.2, 0.25) is 0 Å². The van der Waals surface area contributed by atoms with Gasteiger partial charge in [0.2, 0.25) is 5.91 Å². The van der Waals surface area contributed by atoms with Crippen molar-refractivity contribution in [3.63, 3.8) is 0 Å². The summed E-state index contributed by atoms with van der Waals surface area (Å²) in [5.74, 6) is -0.383. The van der Waals surface area contributed by atoms with Gasteiger partial charge < -0.3 is 5.32 Å². The summed E-state index contributed by atoms with van der Waals surface area (Å²) in [6, 6.07) is 18.4. The second kappa shape index (κ2) is 9.57. The summed E-state index contributed by atoms with van der Waals surface area (Å²) in [5.41, 5.74) is 2.42. The minimum atomic E-state index is -3.92. The van der Waals surface area contributed by atoms with Crippen LogP contribution in [0.15, 0.2) is 77.7 Å². The molecule has 1 aromatic heterocycles. The van der Waals surface area contributed by atoms with Crippen LogP contribution in [0.4, 0.5) is 15.8 Å². The lowest BCUT2D eigenvalue weighted by atomic mass is 10.1. The average molecular weight is 498 g/mol. The van der Waals surface area contributed by atoms with Crippen molar-refractivity contribution in [1.29, 1.82) is 0 Å². The molecule has 174 valence electrons. The normalized spacial score (nSPS) is 11.2. The predicted molar refractivity (Wildman–Crippen MR) is 130 cm³/mol. The van der Waals surface area contributed by atoms with Crippen molar-refractivity contribution in [2.24, 2.45) is 0 Å². The summed E-state index contributed by atoms with van der Waals surface area (Å²) in [6.45, 7) is 1.89. The molecule has 0 aliphatic rings. The molecule has 11 heteroatoms. The van der Waals surface area contributed by atoms with E-state index in [1.165, 1.54) is 42.5 Å². The van der Waals surface area contributed by atoms with Crippen molar-refractivity contribution in [1.82, 2.24) is 14.8 Å². The first kappa shape index (κ1) is 23.3. The molecule has 0 saturated carbocycles. The quantitative estimate of drug-likeness (QED) is 0.326. The van der Waals surface area contributed by atoms with Gasteiger partial charge in [0.1, 0.15) is 12.4 Å². The number of H-pyrrole nitrogens is 1. The van der Waals surface area contributed by atoms with Crippen molar-refractivity contribution < 1.29 is 17.6 Å². The van der Waals surface area contributed by atoms with Crippen LogP contribution in [0, 0.1) is 17.5 Å². The number of carbonyl (C=O) groups excluding carboxylic acids is 1. The largest absolute Gasteiger partial charge is 0.325 e. The first-order chi connectivity index (χ1) is 16.2. The number of sulfonamides is 1. The van der Waals surface area contributed by atoms with Crippen LogP contribution in [0.25, 0.3) is 11.4 Å². The van der Waals surface area contributed by atoms with Gasteiger partial charge in [-0.25, -0.2) is 12.8 Å². The van der Waals surface area contributed by atoms with E-state index < -0.39 is 15.8 Å². The van der Waals surface area contributed by atoms with Gasteiger partial charge >= 0.3 is 0 Å². The minimum Gasteiger partial charge on any atom is -0.325 e. The zero-order valence-corrected chi connectivity index (χ0v) is 19.6. The molecule has 0 unspecified atom stereocenters. The topological polar surface area (TPSA) is 109 Å². The first-order valence-corrected chi connectivity index (χ1v) is 12.0. The molecule has 0 bridgehead atoms. The number of aromatic nitrogens is 3. The van der Waals surface area contributed by atoms with Crippen LogP contribution in [0.1, 0.15) is 5.56 Å². The molecule has 0 radical (unpaired) electrons. The lowest BCUT2D eigenvalue weighted by Gasteiger charge is -2.10. The van der Waals surface area contributed by atoms with Crippen LogP contribution < -0.4 is 10.0 Å². The number of amides is 1. The maximum absolute atomic E-state index is 13.3. The number of nitrogens with one attached hydrogen (secondary N) is 3. The number of aromatic amines is 1. The molecule has 8 nitrogen and oxygen atoms in total. The molecule has 4 aromatic rings. The van der Waals surface area contributed by atoms with Crippen LogP contribution in [0.3, 0.4) is 0 Å². The summed E-state index contributed by atoms with van der Waals surface area (Å²) in [7, 11) is -3.92. The molecule has 3 aromatic carbocycles. The molecule has 1 amide bonds. The number of hydrogen-bond donors (Lipinski definition) is 3. The highest BCUT2D eigenvalue weighted by atomic mass is 32.2. The van der Waals surface area contributed by atoms with Crippen LogP contribution in [-0.4, -0.2) is 29.1 Å². The fraction of sp³-hybridized carbons (Fsp3) is 0.0870. The van der Waals surface area contributed by atoms with Crippen LogP contribution in [-0.2, 0) is 21.4 Å². The van der Waals surface area contributed by atoms with E-state index in [2.05, 4.69) is 20.2 Å². The van der Waals surface area contributed by atoms with Crippen LogP contribution >= 0.6 is 12.2 Å². The van der Waals surface area contributed by atoms with E-state index in [4.69, 9.17) is 12.2 Å². The van der Waals surface area contributed by atoms with Crippen LogP contribution in [0.5, 0.6) is 0 Å². The number of nitrogens with zero attached hydrogens (tertiary/aromatic N) is 2. The fourth-order valence-electron chi connectivity index (χ4n) is 3.21. The highest BCUT2D eigenvalue weighted by Crippen LogP contribution is 2.20. The summed E-state index contributed by atoms with van der Waals surface area (Å²) in [4.78, 5) is 12.6. The van der Waals surface area contributed by atoms with Gasteiger partial charge in [-0.3, -0.25) is 19.2 Å². The van der Waals surface area contributed by atoms with Crippen molar-refractivity contribution in [3.05, 3.63) is 88.9 Å². The third-order valence-corrected chi connectivity index (χ3v) is 6.60. The highest BCUT2D eigenvalue weighted by molar-refractivity contribution is 7.92. The fourth-order valence-corrected chi connectivity index (χ4v) is 4.46. The summed E-state index contributed by atoms with van der Waals surface area (Å²) < 4.78 is 42.6. The van der Waals surface area contributed by atoms with Gasteiger partial charge in [-0.15, -0.1) is 0 Å². The highest BCUT2D eigenvalue weighted by Gasteiger charge is 2.16. The summed E-state index contributed by atoms with van der Waals surface area (Å²) in [5, 5.41) is 9.65. The monoisotopic (exact) mass is 497 g/mol.